The van der Waals surface area contributed by atoms with E-state index in [9.17, 15) is 0 Å². The van der Waals surface area contributed by atoms with Crippen LogP contribution < -0.4 is 5.32 Å². The molecule has 0 aliphatic carbocycles. The third kappa shape index (κ3) is 4.10. The van der Waals surface area contributed by atoms with Gasteiger partial charge in [-0.1, -0.05) is 0 Å². The maximum absolute atomic E-state index is 3.57. The van der Waals surface area contributed by atoms with Crippen molar-refractivity contribution in [2.24, 2.45) is 5.92 Å². The summed E-state index contributed by atoms with van der Waals surface area (Å²) in [7, 11) is 0. The number of hydrogen-bond donors (Lipinski definition) is 1. The highest BCUT2D eigenvalue weighted by Gasteiger charge is 2.12. The van der Waals surface area contributed by atoms with Crippen molar-refractivity contribution in [3.05, 3.63) is 20.8 Å². The Morgan fingerprint density at radius 1 is 1.40 bits per heavy atom. The third-order valence-electron chi connectivity index (χ3n) is 2.69. The molecule has 0 saturated carbocycles. The van der Waals surface area contributed by atoms with Crippen LogP contribution in [0.4, 0.5) is 0 Å². The number of rotatable bonds is 4. The van der Waals surface area contributed by atoms with Gasteiger partial charge in [0.15, 0.2) is 0 Å². The van der Waals surface area contributed by atoms with Crippen molar-refractivity contribution in [3.63, 3.8) is 0 Å². The van der Waals surface area contributed by atoms with E-state index in [0.717, 1.165) is 12.5 Å². The number of halogens is 1. The molecule has 1 N–H and O–H groups in total. The minimum absolute atomic E-state index is 0.912. The van der Waals surface area contributed by atoms with Crippen molar-refractivity contribution < 1.29 is 0 Å². The second-order valence-corrected chi connectivity index (χ2v) is 7.05. The van der Waals surface area contributed by atoms with E-state index in [2.05, 4.69) is 44.5 Å². The normalized spacial score (nSPS) is 18.2. The zero-order valence-electron chi connectivity index (χ0n) is 8.67. The summed E-state index contributed by atoms with van der Waals surface area (Å²) >= 11 is 7.40. The minimum atomic E-state index is 0.912. The summed E-state index contributed by atoms with van der Waals surface area (Å²) in [5.74, 6) is 3.63. The Balaban J connectivity index is 1.65. The first-order valence-corrected chi connectivity index (χ1v) is 8.18. The lowest BCUT2D eigenvalue weighted by Crippen LogP contribution is -2.25. The van der Waals surface area contributed by atoms with Crippen LogP contribution in [0.15, 0.2) is 15.9 Å². The summed E-state index contributed by atoms with van der Waals surface area (Å²) < 4.78 is 1.21. The maximum atomic E-state index is 3.57. The summed E-state index contributed by atoms with van der Waals surface area (Å²) in [6, 6.07) is 2.20. The quantitative estimate of drug-likeness (QED) is 0.909. The van der Waals surface area contributed by atoms with Crippen LogP contribution in [-0.2, 0) is 6.54 Å². The molecule has 1 nitrogen and oxygen atoms in total. The van der Waals surface area contributed by atoms with Gasteiger partial charge in [-0.05, 0) is 58.8 Å². The Labute approximate surface area is 108 Å². The summed E-state index contributed by atoms with van der Waals surface area (Å²) in [6.07, 6.45) is 2.79. The van der Waals surface area contributed by atoms with E-state index < -0.39 is 0 Å². The molecule has 0 amide bonds. The summed E-state index contributed by atoms with van der Waals surface area (Å²) in [4.78, 5) is 1.42. The average Bonchev–Trinajstić information content (AvgIpc) is 2.66. The second-order valence-electron chi connectivity index (χ2n) is 3.92. The van der Waals surface area contributed by atoms with Crippen molar-refractivity contribution >= 4 is 39.0 Å². The van der Waals surface area contributed by atoms with Gasteiger partial charge in [-0.25, -0.2) is 0 Å². The zero-order valence-corrected chi connectivity index (χ0v) is 11.9. The van der Waals surface area contributed by atoms with Gasteiger partial charge in [0.25, 0.3) is 0 Å². The van der Waals surface area contributed by atoms with E-state index in [-0.39, 0.29) is 0 Å². The van der Waals surface area contributed by atoms with Gasteiger partial charge in [-0.2, -0.15) is 11.8 Å². The molecule has 1 aromatic rings. The average molecular weight is 306 g/mol. The lowest BCUT2D eigenvalue weighted by molar-refractivity contribution is 0.448. The van der Waals surface area contributed by atoms with Crippen molar-refractivity contribution in [3.8, 4) is 0 Å². The smallest absolute Gasteiger partial charge is 0.0300 e. The summed E-state index contributed by atoms with van der Waals surface area (Å²) in [6.45, 7) is 2.22. The van der Waals surface area contributed by atoms with Crippen LogP contribution in [0.3, 0.4) is 0 Å². The molecule has 84 valence electrons. The number of hydrogen-bond acceptors (Lipinski definition) is 3. The molecule has 2 heterocycles. The standard InChI is InChI=1S/C11H16BrNS2/c12-10-5-11(15-8-10)7-13-6-9-1-3-14-4-2-9/h5,8-9,13H,1-4,6-7H2. The zero-order chi connectivity index (χ0) is 10.5. The molecule has 0 bridgehead atoms. The van der Waals surface area contributed by atoms with Crippen molar-refractivity contribution in [2.75, 3.05) is 18.1 Å². The molecule has 1 aliphatic rings. The third-order valence-corrected chi connectivity index (χ3v) is 5.44. The fraction of sp³-hybridized carbons (Fsp3) is 0.636. The van der Waals surface area contributed by atoms with Crippen LogP contribution in [-0.4, -0.2) is 18.1 Å². The SMILES string of the molecule is Brc1csc(CNCC2CCSCC2)c1. The van der Waals surface area contributed by atoms with Crippen molar-refractivity contribution in [1.29, 1.82) is 0 Å². The molecule has 15 heavy (non-hydrogen) atoms. The minimum Gasteiger partial charge on any atom is -0.312 e. The molecule has 4 heteroatoms. The summed E-state index contributed by atoms with van der Waals surface area (Å²) in [5, 5.41) is 5.71. The Hall–Kier alpha value is 0.490. The van der Waals surface area contributed by atoms with E-state index >= 15 is 0 Å². The first-order valence-electron chi connectivity index (χ1n) is 5.36. The van der Waals surface area contributed by atoms with Gasteiger partial charge in [0.05, 0.1) is 0 Å². The molecule has 0 spiro atoms. The molecular formula is C11H16BrNS2. The molecule has 2 rings (SSSR count). The van der Waals surface area contributed by atoms with Crippen LogP contribution in [0.5, 0.6) is 0 Å². The first-order chi connectivity index (χ1) is 7.34. The Morgan fingerprint density at radius 2 is 2.20 bits per heavy atom. The van der Waals surface area contributed by atoms with Crippen LogP contribution in [0.2, 0.25) is 0 Å². The van der Waals surface area contributed by atoms with E-state index in [1.54, 1.807) is 0 Å². The Morgan fingerprint density at radius 3 is 2.87 bits per heavy atom. The van der Waals surface area contributed by atoms with Gasteiger partial charge in [-0.15, -0.1) is 11.3 Å². The van der Waals surface area contributed by atoms with E-state index in [4.69, 9.17) is 0 Å². The van der Waals surface area contributed by atoms with Gasteiger partial charge in [0.2, 0.25) is 0 Å². The van der Waals surface area contributed by atoms with Gasteiger partial charge >= 0.3 is 0 Å². The fourth-order valence-corrected chi connectivity index (χ4v) is 4.42. The van der Waals surface area contributed by atoms with Crippen molar-refractivity contribution in [2.45, 2.75) is 19.4 Å². The monoisotopic (exact) mass is 305 g/mol. The van der Waals surface area contributed by atoms with Crippen molar-refractivity contribution in [1.82, 2.24) is 5.32 Å². The fourth-order valence-electron chi connectivity index (χ4n) is 1.80. The number of nitrogens with one attached hydrogen (secondary N) is 1. The van der Waals surface area contributed by atoms with E-state index in [1.165, 1.54) is 40.2 Å². The van der Waals surface area contributed by atoms with Crippen LogP contribution >= 0.6 is 39.0 Å². The molecule has 1 aromatic heterocycles. The van der Waals surface area contributed by atoms with Crippen LogP contribution in [0.1, 0.15) is 17.7 Å². The first kappa shape index (κ1) is 12.0. The highest BCUT2D eigenvalue weighted by atomic mass is 79.9. The molecule has 1 fully saturated rings. The maximum Gasteiger partial charge on any atom is 0.0300 e. The highest BCUT2D eigenvalue weighted by Crippen LogP contribution is 2.22. The largest absolute Gasteiger partial charge is 0.312 e. The predicted molar refractivity (Wildman–Crippen MR) is 73.8 cm³/mol. The number of thioether (sulfide) groups is 1. The van der Waals surface area contributed by atoms with Gasteiger partial charge in [0, 0.05) is 21.3 Å². The van der Waals surface area contributed by atoms with Gasteiger partial charge in [0.1, 0.15) is 0 Å². The second kappa shape index (κ2) is 6.28. The predicted octanol–water partition coefficient (Wildman–Crippen LogP) is 3.74. The Kier molecular flexibility index (Phi) is 5.01. The molecule has 0 radical (unpaired) electrons. The number of thiophene rings is 1. The van der Waals surface area contributed by atoms with Gasteiger partial charge in [-0.3, -0.25) is 0 Å². The lowest BCUT2D eigenvalue weighted by Gasteiger charge is -2.21. The van der Waals surface area contributed by atoms with Gasteiger partial charge < -0.3 is 5.32 Å². The van der Waals surface area contributed by atoms with Crippen LogP contribution in [0, 0.1) is 5.92 Å². The molecule has 1 aliphatic heterocycles. The highest BCUT2D eigenvalue weighted by molar-refractivity contribution is 9.10. The topological polar surface area (TPSA) is 12.0 Å². The molecule has 1 saturated heterocycles. The van der Waals surface area contributed by atoms with Crippen LogP contribution in [0.25, 0.3) is 0 Å². The molecular weight excluding hydrogens is 290 g/mol. The molecule has 0 atom stereocenters. The lowest BCUT2D eigenvalue weighted by atomic mass is 10.0. The van der Waals surface area contributed by atoms with E-state index in [1.807, 2.05) is 11.3 Å². The molecule has 0 unspecified atom stereocenters. The van der Waals surface area contributed by atoms with E-state index in [0.29, 0.717) is 0 Å². The summed E-state index contributed by atoms with van der Waals surface area (Å²) in [5.41, 5.74) is 0. The molecule has 0 aromatic carbocycles. The Bertz CT molecular complexity index is 295.